The molecule has 0 saturated carbocycles. The van der Waals surface area contributed by atoms with Gasteiger partial charge in [0.25, 0.3) is 0 Å². The summed E-state index contributed by atoms with van der Waals surface area (Å²) in [6, 6.07) is 9.38. The van der Waals surface area contributed by atoms with Crippen LogP contribution < -0.4 is 14.2 Å². The minimum absolute atomic E-state index is 0.0244. The summed E-state index contributed by atoms with van der Waals surface area (Å²) in [6.45, 7) is 9.53. The van der Waals surface area contributed by atoms with Crippen LogP contribution in [0.4, 0.5) is 0 Å². The summed E-state index contributed by atoms with van der Waals surface area (Å²) < 4.78 is 50.7. The lowest BCUT2D eigenvalue weighted by Crippen LogP contribution is -2.19. The molecule has 41 heavy (non-hydrogen) atoms. The van der Waals surface area contributed by atoms with Crippen molar-refractivity contribution in [3.8, 4) is 17.2 Å². The van der Waals surface area contributed by atoms with E-state index in [1.54, 1.807) is 24.3 Å². The van der Waals surface area contributed by atoms with Gasteiger partial charge in [-0.05, 0) is 31.4 Å². The molecule has 3 rings (SSSR count). The highest BCUT2D eigenvalue weighted by molar-refractivity contribution is 8.25. The molecule has 0 amide bonds. The number of hydrogen-bond donors (Lipinski definition) is 0. The Kier molecular flexibility index (Phi) is 12.2. The van der Waals surface area contributed by atoms with E-state index in [2.05, 4.69) is 20.4 Å². The summed E-state index contributed by atoms with van der Waals surface area (Å²) in [7, 11) is -2.80. The average Bonchev–Trinajstić information content (AvgIpc) is 3.39. The Labute approximate surface area is 250 Å². The second-order valence-corrected chi connectivity index (χ2v) is 13.5. The van der Waals surface area contributed by atoms with Gasteiger partial charge in [0.1, 0.15) is 11.5 Å². The summed E-state index contributed by atoms with van der Waals surface area (Å²) in [5.74, 6) is 0.337. The molecule has 0 aliphatic carbocycles. The van der Waals surface area contributed by atoms with Crippen LogP contribution in [-0.2, 0) is 24.2 Å². The lowest BCUT2D eigenvalue weighted by Gasteiger charge is -2.19. The molecule has 1 unspecified atom stereocenters. The number of rotatable bonds is 16. The molecule has 0 radical (unpaired) electrons. The van der Waals surface area contributed by atoms with E-state index in [-0.39, 0.29) is 27.9 Å². The van der Waals surface area contributed by atoms with Crippen LogP contribution in [0.5, 0.6) is 17.2 Å². The zero-order valence-electron chi connectivity index (χ0n) is 23.8. The molecule has 0 N–H and O–H groups in total. The van der Waals surface area contributed by atoms with Gasteiger partial charge in [0.05, 0.1) is 45.5 Å². The van der Waals surface area contributed by atoms with Crippen LogP contribution in [-0.4, -0.2) is 40.5 Å². The van der Waals surface area contributed by atoms with Gasteiger partial charge in [-0.25, -0.2) is 13.2 Å². The number of benzene rings is 2. The molecule has 0 saturated heterocycles. The number of carbonyl (C=O) groups is 2. The van der Waals surface area contributed by atoms with Crippen molar-refractivity contribution in [3.05, 3.63) is 58.4 Å². The van der Waals surface area contributed by atoms with E-state index < -0.39 is 20.7 Å². The van der Waals surface area contributed by atoms with Gasteiger partial charge in [-0.15, -0.1) is 0 Å². The Hall–Kier alpha value is -2.89. The predicted molar refractivity (Wildman–Crippen MR) is 161 cm³/mol. The van der Waals surface area contributed by atoms with Crippen LogP contribution in [0.3, 0.4) is 0 Å². The Morgan fingerprint density at radius 2 is 1.78 bits per heavy atom. The fraction of sp³-hybridized carbons (Fsp3) is 0.400. The molecule has 1 atom stereocenters. The van der Waals surface area contributed by atoms with Crippen molar-refractivity contribution in [2.45, 2.75) is 67.6 Å². The minimum Gasteiger partial charge on any atom is -0.493 e. The molecule has 2 aromatic carbocycles. The summed E-state index contributed by atoms with van der Waals surface area (Å²) >= 11 is 2.16. The number of sulfone groups is 1. The van der Waals surface area contributed by atoms with Crippen molar-refractivity contribution >= 4 is 45.1 Å². The molecule has 0 spiro atoms. The van der Waals surface area contributed by atoms with Crippen LogP contribution in [0, 0.1) is 5.92 Å². The number of esters is 1. The number of fused-ring (bicyclic) bond motifs is 1. The lowest BCUT2D eigenvalue weighted by atomic mass is 10.0. The van der Waals surface area contributed by atoms with Crippen LogP contribution in [0.1, 0.15) is 52.9 Å². The fourth-order valence-corrected chi connectivity index (χ4v) is 8.63. The maximum atomic E-state index is 13.8. The van der Waals surface area contributed by atoms with E-state index in [9.17, 15) is 18.0 Å². The summed E-state index contributed by atoms with van der Waals surface area (Å²) in [5, 5.41) is 0. The van der Waals surface area contributed by atoms with Crippen molar-refractivity contribution in [1.82, 2.24) is 0 Å². The largest absolute Gasteiger partial charge is 0.493 e. The number of hydrogen-bond acceptors (Lipinski definition) is 10. The Morgan fingerprint density at radius 1 is 1.07 bits per heavy atom. The van der Waals surface area contributed by atoms with Crippen molar-refractivity contribution in [3.63, 3.8) is 0 Å². The fourth-order valence-electron chi connectivity index (χ4n) is 4.00. The van der Waals surface area contributed by atoms with Crippen LogP contribution in [0.2, 0.25) is 0 Å². The van der Waals surface area contributed by atoms with Gasteiger partial charge < -0.3 is 18.9 Å². The highest BCUT2D eigenvalue weighted by atomic mass is 32.2. The topological polar surface area (TPSA) is 105 Å². The molecule has 0 aromatic heterocycles. The van der Waals surface area contributed by atoms with Gasteiger partial charge in [0.2, 0.25) is 9.84 Å². The number of Topliss-reactive ketones (excluding diaryl/α,β-unsaturated/α-hetero) is 1. The number of ether oxygens (including phenoxy) is 4. The number of ketones is 1. The first-order chi connectivity index (χ1) is 19.7. The zero-order valence-corrected chi connectivity index (χ0v) is 26.2. The van der Waals surface area contributed by atoms with Crippen LogP contribution in [0.25, 0.3) is 0 Å². The van der Waals surface area contributed by atoms with Crippen molar-refractivity contribution in [1.29, 1.82) is 0 Å². The third-order valence-corrected chi connectivity index (χ3v) is 11.0. The Balaban J connectivity index is 2.13. The summed E-state index contributed by atoms with van der Waals surface area (Å²) in [5.41, 5.74) is 0. The standard InChI is InChI=1S/C30H36O8S3/c1-6-9-13-21(7-2)19-38-24-18-23(35-5)25(36-8-3)27-26(24)39-30(40-27)28(29(32)37-17-16-20(4)31)41(33,34)22-14-11-10-12-15-22/h8,10-12,14-15,18,21H,3,6-7,9,13,16-17,19H2,1-2,4-5H3/b30-28-. The first kappa shape index (κ1) is 32.6. The number of methoxy groups -OCH3 is 1. The van der Waals surface area contributed by atoms with E-state index in [1.165, 1.54) is 32.4 Å². The zero-order chi connectivity index (χ0) is 30.0. The van der Waals surface area contributed by atoms with E-state index in [0.717, 1.165) is 49.2 Å². The highest BCUT2D eigenvalue weighted by Gasteiger charge is 2.39. The molecule has 1 aliphatic heterocycles. The lowest BCUT2D eigenvalue weighted by molar-refractivity contribution is -0.138. The molecule has 0 bridgehead atoms. The second kappa shape index (κ2) is 15.4. The molecule has 2 aromatic rings. The van der Waals surface area contributed by atoms with Crippen molar-refractivity contribution in [2.75, 3.05) is 20.3 Å². The van der Waals surface area contributed by atoms with Gasteiger partial charge in [-0.3, -0.25) is 4.79 Å². The first-order valence-electron chi connectivity index (χ1n) is 13.4. The van der Waals surface area contributed by atoms with E-state index >= 15 is 0 Å². The Morgan fingerprint density at radius 3 is 2.39 bits per heavy atom. The van der Waals surface area contributed by atoms with E-state index in [4.69, 9.17) is 18.9 Å². The monoisotopic (exact) mass is 620 g/mol. The molecular weight excluding hydrogens is 585 g/mol. The average molecular weight is 621 g/mol. The smallest absolute Gasteiger partial charge is 0.351 e. The quantitative estimate of drug-likeness (QED) is 0.109. The maximum Gasteiger partial charge on any atom is 0.351 e. The SMILES string of the molecule is C=COc1c(OC)cc(OCC(CC)CCCC)c2c1S/C(=C(/C(=O)OCCC(C)=O)S(=O)(=O)c1ccccc1)S2. The molecule has 8 nitrogen and oxygen atoms in total. The number of unbranched alkanes of at least 4 members (excludes halogenated alkanes) is 1. The molecular formula is C30H36O8S3. The third kappa shape index (κ3) is 8.11. The molecule has 11 heteroatoms. The first-order valence-corrected chi connectivity index (χ1v) is 16.5. The molecule has 1 heterocycles. The van der Waals surface area contributed by atoms with Crippen molar-refractivity contribution in [2.24, 2.45) is 5.92 Å². The number of thioether (sulfide) groups is 2. The summed E-state index contributed by atoms with van der Waals surface area (Å²) in [4.78, 5) is 25.4. The Bertz CT molecular complexity index is 1380. The maximum absolute atomic E-state index is 13.8. The van der Waals surface area contributed by atoms with E-state index in [0.29, 0.717) is 39.6 Å². The van der Waals surface area contributed by atoms with Gasteiger partial charge in [-0.1, -0.05) is 81.4 Å². The third-order valence-electron chi connectivity index (χ3n) is 6.33. The van der Waals surface area contributed by atoms with Gasteiger partial charge in [0.15, 0.2) is 16.4 Å². The summed E-state index contributed by atoms with van der Waals surface area (Å²) in [6.07, 6.45) is 5.40. The van der Waals surface area contributed by atoms with E-state index in [1.807, 2.05) is 0 Å². The minimum atomic E-state index is -4.30. The number of carbonyl (C=O) groups excluding carboxylic acids is 2. The molecule has 222 valence electrons. The normalized spacial score (nSPS) is 14.5. The van der Waals surface area contributed by atoms with Gasteiger partial charge in [0, 0.05) is 12.5 Å². The van der Waals surface area contributed by atoms with Gasteiger partial charge in [-0.2, -0.15) is 0 Å². The molecule has 1 aliphatic rings. The van der Waals surface area contributed by atoms with Gasteiger partial charge >= 0.3 is 5.97 Å². The predicted octanol–water partition coefficient (Wildman–Crippen LogP) is 7.18. The van der Waals surface area contributed by atoms with Crippen molar-refractivity contribution < 1.29 is 37.0 Å². The second-order valence-electron chi connectivity index (χ2n) is 9.30. The van der Waals surface area contributed by atoms with Crippen LogP contribution >= 0.6 is 23.5 Å². The molecule has 0 fully saturated rings. The highest BCUT2D eigenvalue weighted by Crippen LogP contribution is 2.62. The van der Waals surface area contributed by atoms with Crippen LogP contribution in [0.15, 0.2) is 73.1 Å².